The largest absolute Gasteiger partial charge is 0.394 e. The lowest BCUT2D eigenvalue weighted by molar-refractivity contribution is 0.201. The molecule has 0 aromatic carbocycles. The molecule has 6 nitrogen and oxygen atoms in total. The van der Waals surface area contributed by atoms with E-state index in [1.807, 2.05) is 20.8 Å². The van der Waals surface area contributed by atoms with Gasteiger partial charge in [-0.15, -0.1) is 0 Å². The molecule has 0 fully saturated rings. The molecule has 0 saturated carbocycles. The van der Waals surface area contributed by atoms with Crippen LogP contribution in [0.25, 0.3) is 22.4 Å². The number of aliphatic hydroxyl groups excluding tert-OH is 1. The zero-order valence-corrected chi connectivity index (χ0v) is 14.1. The van der Waals surface area contributed by atoms with Crippen LogP contribution in [0.1, 0.15) is 20.8 Å². The summed E-state index contributed by atoms with van der Waals surface area (Å²) < 4.78 is 27.6. The van der Waals surface area contributed by atoms with Crippen molar-refractivity contribution in [3.8, 4) is 11.4 Å². The molecule has 132 valence electrons. The Bertz CT molecular complexity index is 904. The minimum absolute atomic E-state index is 0.0160. The molecule has 3 aromatic rings. The van der Waals surface area contributed by atoms with Crippen molar-refractivity contribution in [2.75, 3.05) is 11.9 Å². The van der Waals surface area contributed by atoms with Gasteiger partial charge in [-0.05, 0) is 11.5 Å². The fourth-order valence-electron chi connectivity index (χ4n) is 2.46. The molecule has 0 spiro atoms. The predicted octanol–water partition coefficient (Wildman–Crippen LogP) is 3.12. The Morgan fingerprint density at radius 3 is 2.68 bits per heavy atom. The molecule has 0 aliphatic rings. The fourth-order valence-corrected chi connectivity index (χ4v) is 2.46. The van der Waals surface area contributed by atoms with Crippen LogP contribution in [0.3, 0.4) is 0 Å². The fraction of sp³-hybridized carbons (Fsp3) is 0.353. The van der Waals surface area contributed by atoms with E-state index < -0.39 is 17.7 Å². The highest BCUT2D eigenvalue weighted by Crippen LogP contribution is 2.28. The van der Waals surface area contributed by atoms with Crippen LogP contribution in [-0.4, -0.2) is 37.7 Å². The number of hydrogen-bond donors (Lipinski definition) is 3. The van der Waals surface area contributed by atoms with E-state index in [4.69, 9.17) is 0 Å². The normalized spacial score (nSPS) is 13.2. The van der Waals surface area contributed by atoms with Gasteiger partial charge < -0.3 is 15.4 Å². The van der Waals surface area contributed by atoms with Crippen LogP contribution in [0.2, 0.25) is 0 Å². The highest BCUT2D eigenvalue weighted by Gasteiger charge is 2.25. The van der Waals surface area contributed by atoms with E-state index in [9.17, 15) is 13.9 Å². The van der Waals surface area contributed by atoms with Gasteiger partial charge in [0.1, 0.15) is 11.5 Å². The van der Waals surface area contributed by atoms with E-state index in [2.05, 4.69) is 25.3 Å². The molecular formula is C17H19F2N5O. The second-order valence-electron chi connectivity index (χ2n) is 6.89. The zero-order chi connectivity index (χ0) is 18.2. The Labute approximate surface area is 143 Å². The van der Waals surface area contributed by atoms with E-state index in [-0.39, 0.29) is 23.7 Å². The molecule has 3 heterocycles. The molecule has 8 heteroatoms. The van der Waals surface area contributed by atoms with Crippen molar-refractivity contribution in [3.05, 3.63) is 36.3 Å². The Hall–Kier alpha value is -2.61. The molecule has 0 amide bonds. The summed E-state index contributed by atoms with van der Waals surface area (Å²) in [6.45, 7) is 5.60. The summed E-state index contributed by atoms with van der Waals surface area (Å²) in [5.41, 5.74) is 0.697. The van der Waals surface area contributed by atoms with E-state index in [1.54, 1.807) is 6.20 Å². The lowest BCUT2D eigenvalue weighted by Crippen LogP contribution is -2.37. The lowest BCUT2D eigenvalue weighted by atomic mass is 9.87. The maximum atomic E-state index is 14.1. The predicted molar refractivity (Wildman–Crippen MR) is 91.0 cm³/mol. The van der Waals surface area contributed by atoms with Gasteiger partial charge in [0.25, 0.3) is 0 Å². The molecule has 0 bridgehead atoms. The molecule has 25 heavy (non-hydrogen) atoms. The van der Waals surface area contributed by atoms with Crippen LogP contribution in [0.4, 0.5) is 14.6 Å². The van der Waals surface area contributed by atoms with Crippen molar-refractivity contribution in [2.24, 2.45) is 5.41 Å². The third-order valence-electron chi connectivity index (χ3n) is 4.02. The van der Waals surface area contributed by atoms with Gasteiger partial charge in [0.2, 0.25) is 0 Å². The van der Waals surface area contributed by atoms with Crippen LogP contribution in [0, 0.1) is 17.0 Å². The SMILES string of the molecule is CC(C)(C)[C@@H](CO)Nc1nc(-c2c[nH]c3ncc(F)cc23)ncc1F. The van der Waals surface area contributed by atoms with Crippen LogP contribution >= 0.6 is 0 Å². The minimum atomic E-state index is -0.629. The summed E-state index contributed by atoms with van der Waals surface area (Å²) in [4.78, 5) is 15.1. The average molecular weight is 347 g/mol. The van der Waals surface area contributed by atoms with E-state index in [0.29, 0.717) is 16.6 Å². The first kappa shape index (κ1) is 17.2. The number of hydrogen-bond acceptors (Lipinski definition) is 5. The Balaban J connectivity index is 2.02. The van der Waals surface area contributed by atoms with Gasteiger partial charge in [0.15, 0.2) is 17.5 Å². The first-order valence-corrected chi connectivity index (χ1v) is 7.82. The number of halogens is 2. The highest BCUT2D eigenvalue weighted by atomic mass is 19.1. The molecule has 3 rings (SSSR count). The molecule has 0 saturated heterocycles. The summed E-state index contributed by atoms with van der Waals surface area (Å²) in [6, 6.07) is 0.923. The van der Waals surface area contributed by atoms with E-state index in [0.717, 1.165) is 12.4 Å². The number of rotatable bonds is 4. The van der Waals surface area contributed by atoms with E-state index in [1.165, 1.54) is 6.07 Å². The van der Waals surface area contributed by atoms with Gasteiger partial charge in [-0.1, -0.05) is 20.8 Å². The number of nitrogens with one attached hydrogen (secondary N) is 2. The number of aromatic amines is 1. The van der Waals surface area contributed by atoms with Gasteiger partial charge in [-0.2, -0.15) is 0 Å². The number of nitrogens with zero attached hydrogens (tertiary/aromatic N) is 3. The highest BCUT2D eigenvalue weighted by molar-refractivity contribution is 5.91. The summed E-state index contributed by atoms with van der Waals surface area (Å²) in [6.07, 6.45) is 3.75. The molecule has 3 N–H and O–H groups in total. The van der Waals surface area contributed by atoms with Crippen LogP contribution < -0.4 is 5.32 Å². The molecular weight excluding hydrogens is 328 g/mol. The first-order chi connectivity index (χ1) is 11.8. The van der Waals surface area contributed by atoms with Crippen molar-refractivity contribution in [2.45, 2.75) is 26.8 Å². The monoisotopic (exact) mass is 347 g/mol. The lowest BCUT2D eigenvalue weighted by Gasteiger charge is -2.30. The Morgan fingerprint density at radius 1 is 1.24 bits per heavy atom. The summed E-state index contributed by atoms with van der Waals surface area (Å²) >= 11 is 0. The van der Waals surface area contributed by atoms with Crippen molar-refractivity contribution < 1.29 is 13.9 Å². The first-order valence-electron chi connectivity index (χ1n) is 7.82. The molecule has 3 aromatic heterocycles. The maximum Gasteiger partial charge on any atom is 0.183 e. The van der Waals surface area contributed by atoms with Crippen molar-refractivity contribution in [3.63, 3.8) is 0 Å². The summed E-state index contributed by atoms with van der Waals surface area (Å²) in [5.74, 6) is -0.900. The van der Waals surface area contributed by atoms with Gasteiger partial charge in [-0.3, -0.25) is 0 Å². The molecule has 0 unspecified atom stereocenters. The van der Waals surface area contributed by atoms with Crippen molar-refractivity contribution in [1.82, 2.24) is 19.9 Å². The smallest absolute Gasteiger partial charge is 0.183 e. The zero-order valence-electron chi connectivity index (χ0n) is 14.1. The summed E-state index contributed by atoms with van der Waals surface area (Å²) in [5, 5.41) is 13.0. The number of pyridine rings is 1. The number of anilines is 1. The Morgan fingerprint density at radius 2 is 2.00 bits per heavy atom. The molecule has 1 atom stereocenters. The molecule has 0 aliphatic heterocycles. The topological polar surface area (TPSA) is 86.7 Å². The third-order valence-corrected chi connectivity index (χ3v) is 4.02. The van der Waals surface area contributed by atoms with Crippen molar-refractivity contribution >= 4 is 16.9 Å². The molecule has 0 radical (unpaired) electrons. The number of H-pyrrole nitrogens is 1. The minimum Gasteiger partial charge on any atom is -0.394 e. The second kappa shape index (κ2) is 6.36. The Kier molecular flexibility index (Phi) is 4.38. The third kappa shape index (κ3) is 3.43. The summed E-state index contributed by atoms with van der Waals surface area (Å²) in [7, 11) is 0. The standard InChI is InChI=1S/C17H19F2N5O/c1-17(2,3)13(8-25)23-16-12(19)7-22-15(24-16)11-6-21-14-10(11)4-9(18)5-20-14/h4-7,13,25H,8H2,1-3H3,(H,20,21)(H,22,23,24)/t13-/m1/s1. The van der Waals surface area contributed by atoms with Crippen LogP contribution in [-0.2, 0) is 0 Å². The van der Waals surface area contributed by atoms with Crippen LogP contribution in [0.5, 0.6) is 0 Å². The van der Waals surface area contributed by atoms with Gasteiger partial charge in [0.05, 0.1) is 25.0 Å². The number of aliphatic hydroxyl groups is 1. The number of fused-ring (bicyclic) bond motifs is 1. The van der Waals surface area contributed by atoms with Crippen molar-refractivity contribution in [1.29, 1.82) is 0 Å². The number of aromatic nitrogens is 4. The molecule has 0 aliphatic carbocycles. The van der Waals surface area contributed by atoms with Crippen LogP contribution in [0.15, 0.2) is 24.7 Å². The average Bonchev–Trinajstić information content (AvgIpc) is 2.96. The van der Waals surface area contributed by atoms with E-state index >= 15 is 0 Å². The quantitative estimate of drug-likeness (QED) is 0.675. The van der Waals surface area contributed by atoms with Gasteiger partial charge in [0, 0.05) is 17.1 Å². The maximum absolute atomic E-state index is 14.1. The second-order valence-corrected chi connectivity index (χ2v) is 6.89. The van der Waals surface area contributed by atoms with Gasteiger partial charge >= 0.3 is 0 Å². The van der Waals surface area contributed by atoms with Gasteiger partial charge in [-0.25, -0.2) is 23.7 Å².